The van der Waals surface area contributed by atoms with Crippen LogP contribution in [0.1, 0.15) is 98.3 Å². The van der Waals surface area contributed by atoms with E-state index in [4.69, 9.17) is 8.74 Å². The van der Waals surface area contributed by atoms with Crippen LogP contribution in [0.2, 0.25) is 0 Å². The van der Waals surface area contributed by atoms with Gasteiger partial charge in [-0.1, -0.05) is 58.6 Å². The van der Waals surface area contributed by atoms with Gasteiger partial charge in [-0.3, -0.25) is 9.35 Å². The number of carboxylic acids is 1. The van der Waals surface area contributed by atoms with Crippen molar-refractivity contribution in [2.75, 3.05) is 0 Å². The van der Waals surface area contributed by atoms with Crippen molar-refractivity contribution < 1.29 is 27.1 Å². The van der Waals surface area contributed by atoms with Crippen molar-refractivity contribution in [3.05, 3.63) is 11.6 Å². The van der Waals surface area contributed by atoms with Gasteiger partial charge in [-0.15, -0.1) is 0 Å². The van der Waals surface area contributed by atoms with Crippen LogP contribution in [-0.4, -0.2) is 30.2 Å². The molecule has 0 unspecified atom stereocenters. The minimum absolute atomic E-state index is 0.102. The molecule has 0 radical (unpaired) electrons. The first-order chi connectivity index (χ1) is 15.9. The normalized spacial score (nSPS) is 40.8. The summed E-state index contributed by atoms with van der Waals surface area (Å²) in [5, 5.41) is 10.5. The lowest BCUT2D eigenvalue weighted by Gasteiger charge is -2.57. The Labute approximate surface area is 205 Å². The van der Waals surface area contributed by atoms with Crippen molar-refractivity contribution in [1.29, 1.82) is 0 Å². The highest BCUT2D eigenvalue weighted by Gasteiger charge is 2.62. The lowest BCUT2D eigenvalue weighted by atomic mass is 9.46. The maximum atomic E-state index is 12.8. The first-order valence-electron chi connectivity index (χ1n) is 13.5. The molecule has 0 heterocycles. The maximum Gasteiger partial charge on any atom is 0.397 e. The van der Waals surface area contributed by atoms with E-state index in [1.54, 1.807) is 0 Å². The highest BCUT2D eigenvalue weighted by atomic mass is 32.3. The summed E-state index contributed by atoms with van der Waals surface area (Å²) < 4.78 is 36.5. The van der Waals surface area contributed by atoms with E-state index in [0.29, 0.717) is 30.6 Å². The third-order valence-corrected chi connectivity index (χ3v) is 10.9. The van der Waals surface area contributed by atoms with E-state index >= 15 is 0 Å². The Hall–Kier alpha value is -0.920. The van der Waals surface area contributed by atoms with E-state index in [9.17, 15) is 18.3 Å². The molecule has 0 aliphatic heterocycles. The molecule has 3 saturated carbocycles. The largest absolute Gasteiger partial charge is 0.481 e. The fourth-order valence-corrected chi connectivity index (χ4v) is 9.46. The number of hydrogen-bond donors (Lipinski definition) is 2. The molecule has 8 atom stereocenters. The maximum absolute atomic E-state index is 12.8. The van der Waals surface area contributed by atoms with Gasteiger partial charge in [0.2, 0.25) is 0 Å². The molecule has 194 valence electrons. The van der Waals surface area contributed by atoms with Crippen molar-refractivity contribution in [1.82, 2.24) is 0 Å². The van der Waals surface area contributed by atoms with Gasteiger partial charge < -0.3 is 5.11 Å². The van der Waals surface area contributed by atoms with Gasteiger partial charge in [0.05, 0.1) is 11.5 Å². The Balaban J connectivity index is 1.54. The van der Waals surface area contributed by atoms with Crippen LogP contribution in [-0.2, 0) is 19.4 Å². The van der Waals surface area contributed by atoms with Gasteiger partial charge in [0, 0.05) is 0 Å². The van der Waals surface area contributed by atoms with Gasteiger partial charge in [-0.05, 0) is 92.3 Å². The molecule has 34 heavy (non-hydrogen) atoms. The zero-order valence-corrected chi connectivity index (χ0v) is 22.1. The molecule has 6 nitrogen and oxygen atoms in total. The Bertz CT molecular complexity index is 910. The van der Waals surface area contributed by atoms with Crippen LogP contribution in [0, 0.1) is 46.3 Å². The van der Waals surface area contributed by atoms with E-state index in [2.05, 4.69) is 33.8 Å². The summed E-state index contributed by atoms with van der Waals surface area (Å²) in [5.74, 6) is 2.46. The second-order valence-electron chi connectivity index (χ2n) is 12.5. The molecule has 0 bridgehead atoms. The Morgan fingerprint density at radius 3 is 2.50 bits per heavy atom. The third-order valence-electron chi connectivity index (χ3n) is 10.4. The predicted molar refractivity (Wildman–Crippen MR) is 131 cm³/mol. The molecule has 0 aromatic rings. The molecular weight excluding hydrogens is 452 g/mol. The Morgan fingerprint density at radius 1 is 1.12 bits per heavy atom. The van der Waals surface area contributed by atoms with Crippen molar-refractivity contribution in [3.63, 3.8) is 0 Å². The highest BCUT2D eigenvalue weighted by molar-refractivity contribution is 7.80. The lowest BCUT2D eigenvalue weighted by molar-refractivity contribution is -0.159. The van der Waals surface area contributed by atoms with E-state index in [1.807, 2.05) is 0 Å². The Kier molecular flexibility index (Phi) is 7.32. The topological polar surface area (TPSA) is 101 Å². The third kappa shape index (κ3) is 4.61. The molecule has 0 spiro atoms. The summed E-state index contributed by atoms with van der Waals surface area (Å²) in [4.78, 5) is 12.8. The average molecular weight is 497 g/mol. The van der Waals surface area contributed by atoms with E-state index in [0.717, 1.165) is 36.7 Å². The molecule has 0 saturated heterocycles. The van der Waals surface area contributed by atoms with Gasteiger partial charge in [0.25, 0.3) is 0 Å². The molecule has 2 N–H and O–H groups in total. The quantitative estimate of drug-likeness (QED) is 0.303. The molecule has 4 aliphatic carbocycles. The fraction of sp³-hybridized carbons (Fsp3) is 0.889. The van der Waals surface area contributed by atoms with Gasteiger partial charge >= 0.3 is 16.4 Å². The fourth-order valence-electron chi connectivity index (χ4n) is 8.96. The SMILES string of the molecule is CC(C)CCC[C@@H](C)[C@H]1CC[C@H]2[C@@H]3CC=C4C[C@@H](OS(=O)(=O)O)CC[C@]4(C(=O)O)[C@H]3CC[C@]12C. The van der Waals surface area contributed by atoms with Crippen LogP contribution >= 0.6 is 0 Å². The summed E-state index contributed by atoms with van der Waals surface area (Å²) in [6.45, 7) is 9.53. The van der Waals surface area contributed by atoms with Crippen molar-refractivity contribution in [2.24, 2.45) is 46.3 Å². The van der Waals surface area contributed by atoms with Crippen LogP contribution in [0.4, 0.5) is 0 Å². The molecule has 0 aromatic carbocycles. The smallest absolute Gasteiger partial charge is 0.397 e. The predicted octanol–water partition coefficient (Wildman–Crippen LogP) is 6.28. The molecule has 4 rings (SSSR count). The van der Waals surface area contributed by atoms with Gasteiger partial charge in [0.1, 0.15) is 0 Å². The molecular formula is C27H44O6S. The molecule has 0 aromatic heterocycles. The molecule has 4 aliphatic rings. The molecule has 7 heteroatoms. The van der Waals surface area contributed by atoms with E-state index in [-0.39, 0.29) is 17.8 Å². The number of hydrogen-bond acceptors (Lipinski definition) is 4. The van der Waals surface area contributed by atoms with E-state index < -0.39 is 27.9 Å². The summed E-state index contributed by atoms with van der Waals surface area (Å²) in [5.41, 5.74) is 0.195. The average Bonchev–Trinajstić information content (AvgIpc) is 3.09. The number of fused-ring (bicyclic) bond motifs is 5. The standard InChI is InChI=1S/C27H44O6S/c1-17(2)6-5-7-18(3)22-10-11-23-21-9-8-19-16-20(33-34(30,31)32)12-15-27(19,25(28)29)24(21)13-14-26(22,23)4/h8,17-18,20-24H,5-7,9-16H2,1-4H3,(H,28,29)(H,30,31,32)/t18-,20+,21+,22-,23+,24+,26-,27-/m1/s1. The monoisotopic (exact) mass is 496 g/mol. The lowest BCUT2D eigenvalue weighted by Crippen LogP contribution is -2.55. The van der Waals surface area contributed by atoms with Crippen LogP contribution in [0.5, 0.6) is 0 Å². The summed E-state index contributed by atoms with van der Waals surface area (Å²) >= 11 is 0. The molecule has 3 fully saturated rings. The number of carboxylic acid groups (broad SMARTS) is 1. The summed E-state index contributed by atoms with van der Waals surface area (Å²) in [6, 6.07) is 0. The summed E-state index contributed by atoms with van der Waals surface area (Å²) in [7, 11) is -4.55. The number of carbonyl (C=O) groups is 1. The first kappa shape index (κ1) is 26.2. The summed E-state index contributed by atoms with van der Waals surface area (Å²) in [6.07, 6.45) is 11.6. The number of allylic oxidation sites excluding steroid dienone is 1. The Morgan fingerprint density at radius 2 is 1.85 bits per heavy atom. The number of aliphatic carboxylic acids is 1. The highest BCUT2D eigenvalue weighted by Crippen LogP contribution is 2.67. The second-order valence-corrected chi connectivity index (χ2v) is 13.6. The van der Waals surface area contributed by atoms with Crippen LogP contribution in [0.3, 0.4) is 0 Å². The minimum Gasteiger partial charge on any atom is -0.481 e. The van der Waals surface area contributed by atoms with Gasteiger partial charge in [-0.25, -0.2) is 4.18 Å². The number of rotatable bonds is 8. The van der Waals surface area contributed by atoms with Crippen LogP contribution in [0.25, 0.3) is 0 Å². The zero-order valence-electron chi connectivity index (χ0n) is 21.3. The first-order valence-corrected chi connectivity index (χ1v) is 14.8. The minimum atomic E-state index is -4.55. The van der Waals surface area contributed by atoms with E-state index in [1.165, 1.54) is 32.1 Å². The zero-order chi connectivity index (χ0) is 24.9. The second kappa shape index (κ2) is 9.51. The van der Waals surface area contributed by atoms with Crippen LogP contribution < -0.4 is 0 Å². The van der Waals surface area contributed by atoms with Gasteiger partial charge in [0.15, 0.2) is 0 Å². The van der Waals surface area contributed by atoms with Gasteiger partial charge in [-0.2, -0.15) is 8.42 Å². The molecule has 0 amide bonds. The van der Waals surface area contributed by atoms with Crippen molar-refractivity contribution >= 4 is 16.4 Å². The van der Waals surface area contributed by atoms with Crippen molar-refractivity contribution in [2.45, 2.75) is 104 Å². The van der Waals surface area contributed by atoms with Crippen molar-refractivity contribution in [3.8, 4) is 0 Å². The van der Waals surface area contributed by atoms with Crippen LogP contribution in [0.15, 0.2) is 11.6 Å².